The summed E-state index contributed by atoms with van der Waals surface area (Å²) >= 11 is 0. The van der Waals surface area contributed by atoms with Gasteiger partial charge in [0.25, 0.3) is 0 Å². The standard InChI is InChI=1S/C20H26N2O3/c1-20(2,19(24)25-3)16-8-6-10-22(12-16)18-15(13-23)11-14-7-4-5-9-17(14)21-18/h4-5,7,9,11,16,23H,6,8,10,12-13H2,1-3H3. The molecule has 5 nitrogen and oxygen atoms in total. The van der Waals surface area contributed by atoms with Gasteiger partial charge in [-0.05, 0) is 44.7 Å². The van der Waals surface area contributed by atoms with Crippen molar-refractivity contribution in [1.29, 1.82) is 0 Å². The summed E-state index contributed by atoms with van der Waals surface area (Å²) in [6, 6.07) is 9.94. The zero-order chi connectivity index (χ0) is 18.0. The summed E-state index contributed by atoms with van der Waals surface area (Å²) in [7, 11) is 1.44. The first kappa shape index (κ1) is 17.7. The van der Waals surface area contributed by atoms with Crippen molar-refractivity contribution in [1.82, 2.24) is 4.98 Å². The van der Waals surface area contributed by atoms with Crippen molar-refractivity contribution in [3.05, 3.63) is 35.9 Å². The highest BCUT2D eigenvalue weighted by molar-refractivity contribution is 5.82. The number of ether oxygens (including phenoxy) is 1. The summed E-state index contributed by atoms with van der Waals surface area (Å²) in [5.74, 6) is 0.841. The van der Waals surface area contributed by atoms with Gasteiger partial charge in [0.2, 0.25) is 0 Å². The molecule has 0 bridgehead atoms. The van der Waals surface area contributed by atoms with Crippen LogP contribution in [0.15, 0.2) is 30.3 Å². The monoisotopic (exact) mass is 342 g/mol. The van der Waals surface area contributed by atoms with Crippen LogP contribution in [0.1, 0.15) is 32.3 Å². The van der Waals surface area contributed by atoms with Crippen LogP contribution in [0, 0.1) is 11.3 Å². The van der Waals surface area contributed by atoms with Crippen LogP contribution in [0.5, 0.6) is 0 Å². The summed E-state index contributed by atoms with van der Waals surface area (Å²) in [6.45, 7) is 5.48. The number of carbonyl (C=O) groups excluding carboxylic acids is 1. The molecule has 0 radical (unpaired) electrons. The van der Waals surface area contributed by atoms with E-state index in [9.17, 15) is 9.90 Å². The molecule has 1 aliphatic heterocycles. The summed E-state index contributed by atoms with van der Waals surface area (Å²) in [6.07, 6.45) is 1.98. The van der Waals surface area contributed by atoms with E-state index in [1.807, 2.05) is 44.2 Å². The third kappa shape index (κ3) is 3.33. The third-order valence-electron chi connectivity index (χ3n) is 5.40. The summed E-state index contributed by atoms with van der Waals surface area (Å²) in [4.78, 5) is 19.2. The van der Waals surface area contributed by atoms with Crippen LogP contribution in [-0.4, -0.2) is 36.3 Å². The van der Waals surface area contributed by atoms with Crippen LogP contribution in [0.3, 0.4) is 0 Å². The molecular formula is C20H26N2O3. The molecule has 0 spiro atoms. The SMILES string of the molecule is COC(=O)C(C)(C)C1CCCN(c2nc3ccccc3cc2CO)C1. The molecular weight excluding hydrogens is 316 g/mol. The highest BCUT2D eigenvalue weighted by Crippen LogP contribution is 2.37. The Morgan fingerprint density at radius 3 is 2.88 bits per heavy atom. The van der Waals surface area contributed by atoms with Crippen molar-refractivity contribution in [2.24, 2.45) is 11.3 Å². The van der Waals surface area contributed by atoms with E-state index in [1.54, 1.807) is 0 Å². The first-order valence-electron chi connectivity index (χ1n) is 8.80. The number of rotatable bonds is 4. The van der Waals surface area contributed by atoms with Gasteiger partial charge < -0.3 is 14.7 Å². The molecule has 5 heteroatoms. The molecule has 3 rings (SSSR count). The van der Waals surface area contributed by atoms with Crippen molar-refractivity contribution in [3.8, 4) is 0 Å². The lowest BCUT2D eigenvalue weighted by atomic mass is 9.74. The maximum atomic E-state index is 12.2. The highest BCUT2D eigenvalue weighted by atomic mass is 16.5. The molecule has 1 aromatic heterocycles. The molecule has 1 aromatic carbocycles. The number of para-hydroxylation sites is 1. The molecule has 1 N–H and O–H groups in total. The number of pyridine rings is 1. The van der Waals surface area contributed by atoms with Crippen LogP contribution in [0.4, 0.5) is 5.82 Å². The van der Waals surface area contributed by atoms with E-state index < -0.39 is 5.41 Å². The van der Waals surface area contributed by atoms with Crippen molar-refractivity contribution in [3.63, 3.8) is 0 Å². The normalized spacial score (nSPS) is 18.4. The molecule has 1 atom stereocenters. The van der Waals surface area contributed by atoms with Gasteiger partial charge in [0.15, 0.2) is 0 Å². The molecule has 0 aliphatic carbocycles. The number of piperidine rings is 1. The minimum atomic E-state index is -0.538. The van der Waals surface area contributed by atoms with Gasteiger partial charge in [0, 0.05) is 24.0 Å². The van der Waals surface area contributed by atoms with Gasteiger partial charge in [-0.25, -0.2) is 4.98 Å². The fourth-order valence-electron chi connectivity index (χ4n) is 3.73. The average Bonchev–Trinajstić information content (AvgIpc) is 2.66. The number of methoxy groups -OCH3 is 1. The number of anilines is 1. The van der Waals surface area contributed by atoms with Crippen LogP contribution < -0.4 is 4.90 Å². The number of hydrogen-bond acceptors (Lipinski definition) is 5. The molecule has 25 heavy (non-hydrogen) atoms. The molecule has 2 heterocycles. The van der Waals surface area contributed by atoms with Crippen molar-refractivity contribution >= 4 is 22.7 Å². The predicted molar refractivity (Wildman–Crippen MR) is 98.4 cm³/mol. The zero-order valence-electron chi connectivity index (χ0n) is 15.2. The lowest BCUT2D eigenvalue weighted by Crippen LogP contribution is -2.45. The number of benzene rings is 1. The van der Waals surface area contributed by atoms with E-state index >= 15 is 0 Å². The smallest absolute Gasteiger partial charge is 0.311 e. The molecule has 1 fully saturated rings. The Morgan fingerprint density at radius 1 is 1.40 bits per heavy atom. The van der Waals surface area contributed by atoms with Crippen LogP contribution in [0.25, 0.3) is 10.9 Å². The van der Waals surface area contributed by atoms with Crippen LogP contribution in [-0.2, 0) is 16.1 Å². The van der Waals surface area contributed by atoms with E-state index in [0.717, 1.165) is 48.2 Å². The van der Waals surface area contributed by atoms with Crippen LogP contribution >= 0.6 is 0 Å². The predicted octanol–water partition coefficient (Wildman–Crippen LogP) is 3.14. The van der Waals surface area contributed by atoms with Gasteiger partial charge in [-0.3, -0.25) is 4.79 Å². The molecule has 2 aromatic rings. The molecule has 0 amide bonds. The van der Waals surface area contributed by atoms with Crippen LogP contribution in [0.2, 0.25) is 0 Å². The third-order valence-corrected chi connectivity index (χ3v) is 5.40. The molecule has 1 saturated heterocycles. The largest absolute Gasteiger partial charge is 0.469 e. The molecule has 0 saturated carbocycles. The Labute approximate surface area is 148 Å². The Balaban J connectivity index is 1.93. The number of aliphatic hydroxyl groups excluding tert-OH is 1. The van der Waals surface area contributed by atoms with E-state index in [-0.39, 0.29) is 18.5 Å². The fourth-order valence-corrected chi connectivity index (χ4v) is 3.73. The second-order valence-electron chi connectivity index (χ2n) is 7.32. The first-order chi connectivity index (χ1) is 12.0. The minimum absolute atomic E-state index is 0.0469. The van der Waals surface area contributed by atoms with Gasteiger partial charge in [-0.2, -0.15) is 0 Å². The van der Waals surface area contributed by atoms with Crippen molar-refractivity contribution < 1.29 is 14.6 Å². The van der Waals surface area contributed by atoms with Gasteiger partial charge in [0.05, 0.1) is 24.6 Å². The molecule has 134 valence electrons. The van der Waals surface area contributed by atoms with Crippen molar-refractivity contribution in [2.75, 3.05) is 25.1 Å². The maximum Gasteiger partial charge on any atom is 0.311 e. The number of fused-ring (bicyclic) bond motifs is 1. The van der Waals surface area contributed by atoms with Gasteiger partial charge in [-0.15, -0.1) is 0 Å². The summed E-state index contributed by atoms with van der Waals surface area (Å²) in [5.41, 5.74) is 1.21. The summed E-state index contributed by atoms with van der Waals surface area (Å²) < 4.78 is 5.00. The Bertz CT molecular complexity index is 773. The van der Waals surface area contributed by atoms with Gasteiger partial charge in [0.1, 0.15) is 5.82 Å². The lowest BCUT2D eigenvalue weighted by Gasteiger charge is -2.40. The van der Waals surface area contributed by atoms with Crippen molar-refractivity contribution in [2.45, 2.75) is 33.3 Å². The number of aliphatic hydroxyl groups is 1. The fraction of sp³-hybridized carbons (Fsp3) is 0.500. The highest BCUT2D eigenvalue weighted by Gasteiger charge is 2.40. The summed E-state index contributed by atoms with van der Waals surface area (Å²) in [5, 5.41) is 10.8. The van der Waals surface area contributed by atoms with Gasteiger partial charge in [-0.1, -0.05) is 18.2 Å². The van der Waals surface area contributed by atoms with Gasteiger partial charge >= 0.3 is 5.97 Å². The maximum absolute atomic E-state index is 12.2. The lowest BCUT2D eigenvalue weighted by molar-refractivity contribution is -0.154. The molecule has 1 aliphatic rings. The molecule has 1 unspecified atom stereocenters. The first-order valence-corrected chi connectivity index (χ1v) is 8.80. The second-order valence-corrected chi connectivity index (χ2v) is 7.32. The number of aromatic nitrogens is 1. The zero-order valence-corrected chi connectivity index (χ0v) is 15.2. The van der Waals surface area contributed by atoms with E-state index in [1.165, 1.54) is 7.11 Å². The van der Waals surface area contributed by atoms with E-state index in [0.29, 0.717) is 0 Å². The second kappa shape index (κ2) is 7.00. The number of nitrogens with zero attached hydrogens (tertiary/aromatic N) is 2. The minimum Gasteiger partial charge on any atom is -0.469 e. The number of esters is 1. The average molecular weight is 342 g/mol. The Kier molecular flexibility index (Phi) is 4.95. The number of hydrogen-bond donors (Lipinski definition) is 1. The van der Waals surface area contributed by atoms with E-state index in [4.69, 9.17) is 9.72 Å². The quantitative estimate of drug-likeness (QED) is 0.865. The Morgan fingerprint density at radius 2 is 2.16 bits per heavy atom. The van der Waals surface area contributed by atoms with E-state index in [2.05, 4.69) is 4.90 Å². The number of carbonyl (C=O) groups is 1. The topological polar surface area (TPSA) is 62.7 Å². The Hall–Kier alpha value is -2.14.